The number of anilines is 2. The van der Waals surface area contributed by atoms with Gasteiger partial charge in [-0.3, -0.25) is 9.59 Å². The van der Waals surface area contributed by atoms with Gasteiger partial charge in [-0.2, -0.15) is 0 Å². The van der Waals surface area contributed by atoms with Crippen LogP contribution in [0.1, 0.15) is 13.3 Å². The van der Waals surface area contributed by atoms with E-state index in [1.165, 1.54) is 7.11 Å². The van der Waals surface area contributed by atoms with Crippen LogP contribution >= 0.6 is 0 Å². The predicted molar refractivity (Wildman–Crippen MR) is 96.0 cm³/mol. The van der Waals surface area contributed by atoms with Crippen molar-refractivity contribution in [2.24, 2.45) is 0 Å². The van der Waals surface area contributed by atoms with Gasteiger partial charge in [0.25, 0.3) is 0 Å². The predicted octanol–water partition coefficient (Wildman–Crippen LogP) is 0.523. The number of benzene rings is 1. The molecule has 1 rings (SSSR count). The first-order chi connectivity index (χ1) is 12.0. The Balaban J connectivity index is 2.59. The average Bonchev–Trinajstić information content (AvgIpc) is 2.59. The molecule has 1 aromatic carbocycles. The molecule has 0 saturated carbocycles. The van der Waals surface area contributed by atoms with Crippen molar-refractivity contribution in [1.82, 2.24) is 5.32 Å². The van der Waals surface area contributed by atoms with Gasteiger partial charge in [-0.05, 0) is 31.2 Å². The number of carbonyl (C=O) groups is 2. The summed E-state index contributed by atoms with van der Waals surface area (Å²) in [6.07, 6.45) is -0.174. The van der Waals surface area contributed by atoms with Crippen LogP contribution in [0.3, 0.4) is 0 Å². The van der Waals surface area contributed by atoms with Gasteiger partial charge in [0, 0.05) is 38.1 Å². The second-order valence-corrected chi connectivity index (χ2v) is 5.44. The van der Waals surface area contributed by atoms with Crippen LogP contribution in [0.4, 0.5) is 11.4 Å². The number of carboxylic acids is 1. The number of aliphatic carboxylic acids is 1. The van der Waals surface area contributed by atoms with Gasteiger partial charge in [0.15, 0.2) is 0 Å². The molecule has 1 aromatic rings. The Labute approximate surface area is 147 Å². The number of aliphatic hydroxyl groups is 1. The molecule has 140 valence electrons. The molecule has 0 heterocycles. The first-order valence-electron chi connectivity index (χ1n) is 8.22. The number of ether oxygens (including phenoxy) is 1. The minimum Gasteiger partial charge on any atom is -0.480 e. The van der Waals surface area contributed by atoms with E-state index in [1.807, 2.05) is 24.0 Å². The summed E-state index contributed by atoms with van der Waals surface area (Å²) in [7, 11) is 1.52. The topological polar surface area (TPSA) is 111 Å². The van der Waals surface area contributed by atoms with Gasteiger partial charge in [-0.25, -0.2) is 0 Å². The van der Waals surface area contributed by atoms with E-state index in [2.05, 4.69) is 10.6 Å². The van der Waals surface area contributed by atoms with E-state index in [9.17, 15) is 9.59 Å². The highest BCUT2D eigenvalue weighted by Crippen LogP contribution is 2.18. The fraction of sp³-hybridized carbons (Fsp3) is 0.529. The molecule has 25 heavy (non-hydrogen) atoms. The van der Waals surface area contributed by atoms with Crippen LogP contribution in [-0.2, 0) is 14.3 Å². The molecule has 8 nitrogen and oxygen atoms in total. The number of aliphatic hydroxyl groups excluding tert-OH is 1. The molecular weight excluding hydrogens is 326 g/mol. The number of carbonyl (C=O) groups excluding carboxylic acids is 1. The number of amides is 1. The fourth-order valence-corrected chi connectivity index (χ4v) is 2.33. The van der Waals surface area contributed by atoms with Gasteiger partial charge in [0.1, 0.15) is 6.04 Å². The van der Waals surface area contributed by atoms with E-state index in [0.717, 1.165) is 12.2 Å². The lowest BCUT2D eigenvalue weighted by Gasteiger charge is -2.22. The van der Waals surface area contributed by atoms with Crippen LogP contribution in [-0.4, -0.2) is 68.1 Å². The summed E-state index contributed by atoms with van der Waals surface area (Å²) in [5, 5.41) is 23.7. The van der Waals surface area contributed by atoms with Crippen molar-refractivity contribution in [1.29, 1.82) is 0 Å². The summed E-state index contributed by atoms with van der Waals surface area (Å²) >= 11 is 0. The molecule has 0 radical (unpaired) electrons. The minimum atomic E-state index is -1.08. The average molecular weight is 353 g/mol. The Morgan fingerprint density at radius 3 is 2.48 bits per heavy atom. The number of nitrogens with zero attached hydrogens (tertiary/aromatic N) is 1. The highest BCUT2D eigenvalue weighted by Gasteiger charge is 2.20. The first kappa shape index (κ1) is 20.9. The van der Waals surface area contributed by atoms with Crippen molar-refractivity contribution in [3.63, 3.8) is 0 Å². The summed E-state index contributed by atoms with van der Waals surface area (Å²) in [6, 6.07) is 6.23. The normalized spacial score (nSPS) is 11.8. The number of nitrogens with one attached hydrogen (secondary N) is 2. The van der Waals surface area contributed by atoms with Crippen LogP contribution in [0.25, 0.3) is 0 Å². The largest absolute Gasteiger partial charge is 0.480 e. The van der Waals surface area contributed by atoms with Crippen molar-refractivity contribution in [2.75, 3.05) is 50.2 Å². The van der Waals surface area contributed by atoms with Crippen molar-refractivity contribution in [3.05, 3.63) is 24.3 Å². The molecule has 1 atom stereocenters. The Morgan fingerprint density at radius 2 is 1.96 bits per heavy atom. The second-order valence-electron chi connectivity index (χ2n) is 5.44. The summed E-state index contributed by atoms with van der Waals surface area (Å²) in [6.45, 7) is 4.09. The molecule has 8 heteroatoms. The van der Waals surface area contributed by atoms with E-state index < -0.39 is 12.0 Å². The quantitative estimate of drug-likeness (QED) is 0.406. The first-order valence-corrected chi connectivity index (χ1v) is 8.22. The Hall–Kier alpha value is -2.16. The third-order valence-corrected chi connectivity index (χ3v) is 3.65. The smallest absolute Gasteiger partial charge is 0.321 e. The highest BCUT2D eigenvalue weighted by molar-refractivity contribution is 5.94. The summed E-state index contributed by atoms with van der Waals surface area (Å²) in [5.74, 6) is -1.46. The fourth-order valence-electron chi connectivity index (χ4n) is 2.33. The molecule has 0 aliphatic carbocycles. The number of likely N-dealkylation sites (N-methyl/N-ethyl adjacent to an activating group) is 1. The lowest BCUT2D eigenvalue weighted by Crippen LogP contribution is -2.41. The summed E-state index contributed by atoms with van der Waals surface area (Å²) in [5.41, 5.74) is 1.54. The Bertz CT molecular complexity index is 536. The van der Waals surface area contributed by atoms with Gasteiger partial charge in [-0.15, -0.1) is 0 Å². The van der Waals surface area contributed by atoms with Crippen LogP contribution in [0.5, 0.6) is 0 Å². The van der Waals surface area contributed by atoms with Crippen LogP contribution in [0, 0.1) is 0 Å². The second kappa shape index (κ2) is 11.4. The SMILES string of the molecule is CCN(CCO)c1ccc(NC(=O)CC(NCCOC)C(=O)O)cc1. The molecule has 0 saturated heterocycles. The maximum absolute atomic E-state index is 12.0. The molecule has 0 aliphatic rings. The molecule has 0 bridgehead atoms. The molecule has 0 fully saturated rings. The van der Waals surface area contributed by atoms with Gasteiger partial charge in [0.05, 0.1) is 19.6 Å². The zero-order chi connectivity index (χ0) is 18.7. The van der Waals surface area contributed by atoms with E-state index in [1.54, 1.807) is 12.1 Å². The van der Waals surface area contributed by atoms with Crippen molar-refractivity contribution >= 4 is 23.3 Å². The lowest BCUT2D eigenvalue weighted by molar-refractivity contribution is -0.141. The number of hydrogen-bond acceptors (Lipinski definition) is 6. The zero-order valence-electron chi connectivity index (χ0n) is 14.7. The van der Waals surface area contributed by atoms with E-state index in [-0.39, 0.29) is 18.9 Å². The van der Waals surface area contributed by atoms with Crippen molar-refractivity contribution in [3.8, 4) is 0 Å². The van der Waals surface area contributed by atoms with E-state index >= 15 is 0 Å². The van der Waals surface area contributed by atoms with Crippen LogP contribution < -0.4 is 15.5 Å². The van der Waals surface area contributed by atoms with E-state index in [0.29, 0.717) is 25.4 Å². The zero-order valence-corrected chi connectivity index (χ0v) is 14.7. The molecule has 0 spiro atoms. The Kier molecular flexibility index (Phi) is 9.53. The van der Waals surface area contributed by atoms with Gasteiger partial charge in [-0.1, -0.05) is 0 Å². The van der Waals surface area contributed by atoms with Gasteiger partial charge < -0.3 is 30.5 Å². The molecule has 1 amide bonds. The minimum absolute atomic E-state index is 0.0684. The summed E-state index contributed by atoms with van der Waals surface area (Å²) in [4.78, 5) is 25.2. The molecule has 4 N–H and O–H groups in total. The molecule has 0 aliphatic heterocycles. The van der Waals surface area contributed by atoms with Crippen molar-refractivity contribution in [2.45, 2.75) is 19.4 Å². The monoisotopic (exact) mass is 353 g/mol. The number of methoxy groups -OCH3 is 1. The highest BCUT2D eigenvalue weighted by atomic mass is 16.5. The number of hydrogen-bond donors (Lipinski definition) is 4. The lowest BCUT2D eigenvalue weighted by atomic mass is 10.2. The third kappa shape index (κ3) is 7.51. The van der Waals surface area contributed by atoms with Crippen LogP contribution in [0.15, 0.2) is 24.3 Å². The van der Waals surface area contributed by atoms with Crippen molar-refractivity contribution < 1.29 is 24.5 Å². The maximum atomic E-state index is 12.0. The van der Waals surface area contributed by atoms with Crippen LogP contribution in [0.2, 0.25) is 0 Å². The number of carboxylic acid groups (broad SMARTS) is 1. The maximum Gasteiger partial charge on any atom is 0.321 e. The molecule has 0 aromatic heterocycles. The van der Waals surface area contributed by atoms with E-state index in [4.69, 9.17) is 14.9 Å². The molecule has 1 unspecified atom stereocenters. The van der Waals surface area contributed by atoms with Gasteiger partial charge in [0.2, 0.25) is 5.91 Å². The Morgan fingerprint density at radius 1 is 1.28 bits per heavy atom. The summed E-state index contributed by atoms with van der Waals surface area (Å²) < 4.78 is 4.85. The standard InChI is InChI=1S/C17H27N3O5/c1-3-20(9-10-21)14-6-4-13(5-7-14)19-16(22)12-15(17(23)24)18-8-11-25-2/h4-7,15,18,21H,3,8-12H2,1-2H3,(H,19,22)(H,23,24). The van der Waals surface area contributed by atoms with Gasteiger partial charge >= 0.3 is 5.97 Å². The molecular formula is C17H27N3O5. The third-order valence-electron chi connectivity index (χ3n) is 3.65. The number of rotatable bonds is 12.